The highest BCUT2D eigenvalue weighted by atomic mass is 16.5. The van der Waals surface area contributed by atoms with Crippen molar-refractivity contribution in [2.75, 3.05) is 6.54 Å². The van der Waals surface area contributed by atoms with Gasteiger partial charge in [0.15, 0.2) is 6.10 Å². The predicted octanol–water partition coefficient (Wildman–Crippen LogP) is 1.99. The van der Waals surface area contributed by atoms with Gasteiger partial charge in [-0.25, -0.2) is 0 Å². The second-order valence-electron chi connectivity index (χ2n) is 5.48. The molecule has 1 aromatic carbocycles. The van der Waals surface area contributed by atoms with Gasteiger partial charge in [-0.2, -0.15) is 0 Å². The molecule has 5 heteroatoms. The van der Waals surface area contributed by atoms with Crippen LogP contribution in [-0.4, -0.2) is 29.6 Å². The Labute approximate surface area is 118 Å². The Morgan fingerprint density at radius 1 is 1.40 bits per heavy atom. The number of ether oxygens (including phenoxy) is 1. The Balaban J connectivity index is 2.54. The van der Waals surface area contributed by atoms with Crippen LogP contribution in [0.15, 0.2) is 24.3 Å². The topological polar surface area (TPSA) is 75.6 Å². The maximum absolute atomic E-state index is 11.9. The third kappa shape index (κ3) is 4.57. The van der Waals surface area contributed by atoms with Gasteiger partial charge in [-0.1, -0.05) is 12.1 Å². The van der Waals surface area contributed by atoms with Crippen LogP contribution in [0.2, 0.25) is 0 Å². The Bertz CT molecular complexity index is 496. The minimum absolute atomic E-state index is 0.0582. The quantitative estimate of drug-likeness (QED) is 0.835. The van der Waals surface area contributed by atoms with Gasteiger partial charge in [-0.15, -0.1) is 0 Å². The van der Waals surface area contributed by atoms with Gasteiger partial charge in [-0.05, 0) is 45.4 Å². The van der Waals surface area contributed by atoms with Crippen molar-refractivity contribution < 1.29 is 19.4 Å². The Morgan fingerprint density at radius 2 is 2.05 bits per heavy atom. The molecule has 0 aliphatic heterocycles. The first-order chi connectivity index (χ1) is 9.22. The standard InChI is InChI=1S/C15H21NO4/c1-10-6-5-7-12(8-10)20-11(2)13(17)16-9-15(3,4)14(18)19/h5-8,11H,9H2,1-4H3,(H,16,17)(H,18,19). The zero-order valence-corrected chi connectivity index (χ0v) is 12.3. The number of benzene rings is 1. The molecule has 1 aromatic rings. The van der Waals surface area contributed by atoms with Crippen LogP contribution in [0.5, 0.6) is 5.75 Å². The van der Waals surface area contributed by atoms with E-state index in [1.54, 1.807) is 26.8 Å². The molecule has 0 aromatic heterocycles. The number of rotatable bonds is 6. The highest BCUT2D eigenvalue weighted by Crippen LogP contribution is 2.15. The van der Waals surface area contributed by atoms with Gasteiger partial charge in [0.05, 0.1) is 5.41 Å². The molecule has 1 amide bonds. The van der Waals surface area contributed by atoms with E-state index in [9.17, 15) is 9.59 Å². The van der Waals surface area contributed by atoms with Crippen molar-refractivity contribution >= 4 is 11.9 Å². The van der Waals surface area contributed by atoms with E-state index in [1.165, 1.54) is 0 Å². The largest absolute Gasteiger partial charge is 0.481 e. The van der Waals surface area contributed by atoms with Crippen LogP contribution in [0.3, 0.4) is 0 Å². The molecule has 1 rings (SSSR count). The van der Waals surface area contributed by atoms with Crippen LogP contribution in [0.4, 0.5) is 0 Å². The number of hydrogen-bond donors (Lipinski definition) is 2. The highest BCUT2D eigenvalue weighted by molar-refractivity contribution is 5.82. The third-order valence-electron chi connectivity index (χ3n) is 2.96. The normalized spacial score (nSPS) is 12.6. The third-order valence-corrected chi connectivity index (χ3v) is 2.96. The second-order valence-corrected chi connectivity index (χ2v) is 5.48. The van der Waals surface area contributed by atoms with Crippen LogP contribution in [-0.2, 0) is 9.59 Å². The monoisotopic (exact) mass is 279 g/mol. The lowest BCUT2D eigenvalue weighted by Gasteiger charge is -2.21. The summed E-state index contributed by atoms with van der Waals surface area (Å²) in [6, 6.07) is 7.40. The molecule has 5 nitrogen and oxygen atoms in total. The average molecular weight is 279 g/mol. The van der Waals surface area contributed by atoms with Crippen LogP contribution in [0.25, 0.3) is 0 Å². The van der Waals surface area contributed by atoms with E-state index < -0.39 is 17.5 Å². The van der Waals surface area contributed by atoms with E-state index in [4.69, 9.17) is 9.84 Å². The van der Waals surface area contributed by atoms with Gasteiger partial charge in [0.2, 0.25) is 0 Å². The molecule has 0 saturated heterocycles. The van der Waals surface area contributed by atoms with Gasteiger partial charge < -0.3 is 15.2 Å². The van der Waals surface area contributed by atoms with Crippen molar-refractivity contribution in [1.29, 1.82) is 0 Å². The minimum Gasteiger partial charge on any atom is -0.481 e. The van der Waals surface area contributed by atoms with Crippen LogP contribution >= 0.6 is 0 Å². The molecular formula is C15H21NO4. The number of carbonyl (C=O) groups is 2. The van der Waals surface area contributed by atoms with Crippen LogP contribution in [0, 0.1) is 12.3 Å². The lowest BCUT2D eigenvalue weighted by molar-refractivity contribution is -0.147. The molecule has 0 bridgehead atoms. The second kappa shape index (κ2) is 6.41. The van der Waals surface area contributed by atoms with Crippen molar-refractivity contribution in [2.24, 2.45) is 5.41 Å². The Kier molecular flexibility index (Phi) is 5.13. The van der Waals surface area contributed by atoms with E-state index in [2.05, 4.69) is 5.32 Å². The van der Waals surface area contributed by atoms with E-state index in [1.807, 2.05) is 25.1 Å². The molecule has 2 N–H and O–H groups in total. The number of carboxylic acid groups (broad SMARTS) is 1. The fraction of sp³-hybridized carbons (Fsp3) is 0.467. The fourth-order valence-corrected chi connectivity index (χ4v) is 1.47. The van der Waals surface area contributed by atoms with Gasteiger partial charge in [0.1, 0.15) is 5.75 Å². The summed E-state index contributed by atoms with van der Waals surface area (Å²) in [5.74, 6) is -0.670. The van der Waals surface area contributed by atoms with Crippen molar-refractivity contribution in [3.63, 3.8) is 0 Å². The van der Waals surface area contributed by atoms with Crippen molar-refractivity contribution in [1.82, 2.24) is 5.32 Å². The van der Waals surface area contributed by atoms with Gasteiger partial charge in [-0.3, -0.25) is 9.59 Å². The number of amides is 1. The Morgan fingerprint density at radius 3 is 2.60 bits per heavy atom. The molecule has 1 atom stereocenters. The molecule has 110 valence electrons. The molecule has 20 heavy (non-hydrogen) atoms. The number of carbonyl (C=O) groups excluding carboxylic acids is 1. The van der Waals surface area contributed by atoms with Gasteiger partial charge in [0, 0.05) is 6.54 Å². The van der Waals surface area contributed by atoms with Crippen molar-refractivity contribution in [2.45, 2.75) is 33.8 Å². The minimum atomic E-state index is -1.00. The first kappa shape index (κ1) is 16.0. The van der Waals surface area contributed by atoms with Crippen LogP contribution in [0.1, 0.15) is 26.3 Å². The van der Waals surface area contributed by atoms with Crippen molar-refractivity contribution in [3.05, 3.63) is 29.8 Å². The zero-order valence-electron chi connectivity index (χ0n) is 12.3. The summed E-state index contributed by atoms with van der Waals surface area (Å²) in [5.41, 5.74) is 0.0424. The highest BCUT2D eigenvalue weighted by Gasteiger charge is 2.28. The SMILES string of the molecule is Cc1cccc(OC(C)C(=O)NCC(C)(C)C(=O)O)c1. The first-order valence-electron chi connectivity index (χ1n) is 6.47. The summed E-state index contributed by atoms with van der Waals surface area (Å²) < 4.78 is 5.52. The molecule has 0 aliphatic rings. The summed E-state index contributed by atoms with van der Waals surface area (Å²) in [7, 11) is 0. The number of hydrogen-bond acceptors (Lipinski definition) is 3. The summed E-state index contributed by atoms with van der Waals surface area (Å²) >= 11 is 0. The van der Waals surface area contributed by atoms with E-state index in [-0.39, 0.29) is 12.5 Å². The van der Waals surface area contributed by atoms with E-state index in [0.717, 1.165) is 5.56 Å². The molecule has 0 heterocycles. The van der Waals surface area contributed by atoms with Crippen LogP contribution < -0.4 is 10.1 Å². The first-order valence-corrected chi connectivity index (χ1v) is 6.47. The molecule has 1 unspecified atom stereocenters. The molecule has 0 saturated carbocycles. The lowest BCUT2D eigenvalue weighted by Crippen LogP contribution is -2.43. The molecule has 0 radical (unpaired) electrons. The lowest BCUT2D eigenvalue weighted by atomic mass is 9.94. The van der Waals surface area contributed by atoms with E-state index >= 15 is 0 Å². The van der Waals surface area contributed by atoms with Gasteiger partial charge in [0.25, 0.3) is 5.91 Å². The predicted molar refractivity (Wildman–Crippen MR) is 75.7 cm³/mol. The maximum Gasteiger partial charge on any atom is 0.310 e. The molecule has 0 fully saturated rings. The fourth-order valence-electron chi connectivity index (χ4n) is 1.47. The number of nitrogens with one attached hydrogen (secondary N) is 1. The number of aliphatic carboxylic acids is 1. The maximum atomic E-state index is 11.9. The Hall–Kier alpha value is -2.04. The smallest absolute Gasteiger partial charge is 0.310 e. The molecular weight excluding hydrogens is 258 g/mol. The molecule has 0 aliphatic carbocycles. The zero-order chi connectivity index (χ0) is 15.3. The summed E-state index contributed by atoms with van der Waals surface area (Å²) in [6.07, 6.45) is -0.679. The average Bonchev–Trinajstić information content (AvgIpc) is 2.35. The summed E-state index contributed by atoms with van der Waals surface area (Å²) in [4.78, 5) is 22.8. The molecule has 0 spiro atoms. The number of carboxylic acids is 1. The van der Waals surface area contributed by atoms with Crippen molar-refractivity contribution in [3.8, 4) is 5.75 Å². The summed E-state index contributed by atoms with van der Waals surface area (Å²) in [5, 5.41) is 11.6. The van der Waals surface area contributed by atoms with E-state index in [0.29, 0.717) is 5.75 Å². The van der Waals surface area contributed by atoms with Gasteiger partial charge >= 0.3 is 5.97 Å². The summed E-state index contributed by atoms with van der Waals surface area (Å²) in [6.45, 7) is 6.74. The number of aryl methyl sites for hydroxylation is 1.